The highest BCUT2D eigenvalue weighted by atomic mass is 19.1. The van der Waals surface area contributed by atoms with Crippen LogP contribution in [0.2, 0.25) is 0 Å². The summed E-state index contributed by atoms with van der Waals surface area (Å²) >= 11 is 0. The van der Waals surface area contributed by atoms with Crippen molar-refractivity contribution in [3.05, 3.63) is 24.0 Å². The maximum absolute atomic E-state index is 13.5. The molecule has 0 bridgehead atoms. The van der Waals surface area contributed by atoms with Crippen LogP contribution in [0.5, 0.6) is 5.75 Å². The van der Waals surface area contributed by atoms with Crippen LogP contribution in [0.1, 0.15) is 12.8 Å². The number of nitrogens with two attached hydrogens (primary N) is 1. The van der Waals surface area contributed by atoms with E-state index >= 15 is 0 Å². The smallest absolute Gasteiger partial charge is 0.318 e. The van der Waals surface area contributed by atoms with Gasteiger partial charge in [0.05, 0.1) is 7.11 Å². The molecule has 0 spiro atoms. The van der Waals surface area contributed by atoms with Crippen LogP contribution in [0.4, 0.5) is 14.9 Å². The summed E-state index contributed by atoms with van der Waals surface area (Å²) in [6, 6.07) is 4.06. The number of piperazine rings is 1. The third kappa shape index (κ3) is 5.09. The maximum Gasteiger partial charge on any atom is 0.318 e. The molecule has 0 aliphatic carbocycles. The number of carbonyl (C=O) groups is 2. The van der Waals surface area contributed by atoms with Gasteiger partial charge in [-0.1, -0.05) is 0 Å². The number of hydrogen-bond donors (Lipinski definition) is 2. The second-order valence-electron chi connectivity index (χ2n) is 5.66. The summed E-state index contributed by atoms with van der Waals surface area (Å²) in [5, 5.41) is 2.06. The number of imide groups is 1. The van der Waals surface area contributed by atoms with Crippen LogP contribution in [0, 0.1) is 5.82 Å². The van der Waals surface area contributed by atoms with Crippen LogP contribution in [0.25, 0.3) is 0 Å². The van der Waals surface area contributed by atoms with Gasteiger partial charge in [0, 0.05) is 44.4 Å². The Bertz CT molecular complexity index is 589. The second-order valence-corrected chi connectivity index (χ2v) is 5.66. The highest BCUT2D eigenvalue weighted by molar-refractivity contribution is 5.93. The molecule has 0 atom stereocenters. The molecule has 2 rings (SSSR count). The van der Waals surface area contributed by atoms with E-state index in [-0.39, 0.29) is 23.9 Å². The summed E-state index contributed by atoms with van der Waals surface area (Å²) in [5.74, 6) is -0.468. The average molecular weight is 338 g/mol. The lowest BCUT2D eigenvalue weighted by Crippen LogP contribution is -2.46. The third-order valence-electron chi connectivity index (χ3n) is 4.01. The van der Waals surface area contributed by atoms with Gasteiger partial charge in [-0.3, -0.25) is 15.0 Å². The lowest BCUT2D eigenvalue weighted by molar-refractivity contribution is -0.120. The molecular weight excluding hydrogens is 315 g/mol. The van der Waals surface area contributed by atoms with Gasteiger partial charge in [0.1, 0.15) is 0 Å². The Morgan fingerprint density at radius 2 is 2.00 bits per heavy atom. The molecule has 1 heterocycles. The zero-order valence-corrected chi connectivity index (χ0v) is 13.8. The number of methoxy groups -OCH3 is 1. The van der Waals surface area contributed by atoms with Gasteiger partial charge in [-0.15, -0.1) is 0 Å². The van der Waals surface area contributed by atoms with Crippen molar-refractivity contribution in [1.29, 1.82) is 0 Å². The number of hydrogen-bond acceptors (Lipinski definition) is 5. The summed E-state index contributed by atoms with van der Waals surface area (Å²) in [6.07, 6.45) is 0.946. The van der Waals surface area contributed by atoms with E-state index in [1.54, 1.807) is 12.1 Å². The predicted molar refractivity (Wildman–Crippen MR) is 88.6 cm³/mol. The Labute approximate surface area is 140 Å². The number of primary amides is 1. The Balaban J connectivity index is 1.75. The van der Waals surface area contributed by atoms with Gasteiger partial charge in [-0.25, -0.2) is 9.18 Å². The lowest BCUT2D eigenvalue weighted by Gasteiger charge is -2.36. The number of halogens is 1. The molecule has 0 saturated carbocycles. The topological polar surface area (TPSA) is 87.9 Å². The number of amides is 3. The third-order valence-corrected chi connectivity index (χ3v) is 4.01. The van der Waals surface area contributed by atoms with E-state index in [4.69, 9.17) is 10.5 Å². The lowest BCUT2D eigenvalue weighted by atomic mass is 10.2. The fourth-order valence-electron chi connectivity index (χ4n) is 2.74. The Hall–Kier alpha value is -2.35. The highest BCUT2D eigenvalue weighted by Gasteiger charge is 2.18. The van der Waals surface area contributed by atoms with E-state index < -0.39 is 6.03 Å². The molecule has 7 nitrogen and oxygen atoms in total. The van der Waals surface area contributed by atoms with Crippen molar-refractivity contribution in [2.75, 3.05) is 44.7 Å². The molecule has 0 unspecified atom stereocenters. The van der Waals surface area contributed by atoms with E-state index in [1.807, 2.05) is 0 Å². The van der Waals surface area contributed by atoms with Crippen molar-refractivity contribution in [2.24, 2.45) is 5.73 Å². The molecule has 1 saturated heterocycles. The Morgan fingerprint density at radius 3 is 2.62 bits per heavy atom. The second kappa shape index (κ2) is 8.49. The molecule has 3 N–H and O–H groups in total. The summed E-state index contributed by atoms with van der Waals surface area (Å²) in [5.41, 5.74) is 5.83. The van der Waals surface area contributed by atoms with Crippen LogP contribution in [0.3, 0.4) is 0 Å². The Morgan fingerprint density at radius 1 is 1.29 bits per heavy atom. The molecule has 1 fully saturated rings. The number of nitrogens with one attached hydrogen (secondary N) is 1. The van der Waals surface area contributed by atoms with Gasteiger partial charge in [-0.05, 0) is 25.1 Å². The van der Waals surface area contributed by atoms with Crippen molar-refractivity contribution in [3.63, 3.8) is 0 Å². The average Bonchev–Trinajstić information content (AvgIpc) is 2.55. The maximum atomic E-state index is 13.5. The number of urea groups is 1. The van der Waals surface area contributed by atoms with E-state index in [9.17, 15) is 14.0 Å². The zero-order chi connectivity index (χ0) is 17.5. The van der Waals surface area contributed by atoms with E-state index in [0.29, 0.717) is 6.42 Å². The summed E-state index contributed by atoms with van der Waals surface area (Å²) in [4.78, 5) is 26.3. The van der Waals surface area contributed by atoms with Crippen molar-refractivity contribution >= 4 is 17.6 Å². The molecule has 24 heavy (non-hydrogen) atoms. The minimum atomic E-state index is -0.816. The first-order chi connectivity index (χ1) is 11.5. The number of benzene rings is 1. The van der Waals surface area contributed by atoms with Crippen LogP contribution >= 0.6 is 0 Å². The van der Waals surface area contributed by atoms with Crippen molar-refractivity contribution in [3.8, 4) is 5.75 Å². The first kappa shape index (κ1) is 18.0. The Kier molecular flexibility index (Phi) is 6.36. The van der Waals surface area contributed by atoms with Gasteiger partial charge < -0.3 is 15.4 Å². The highest BCUT2D eigenvalue weighted by Crippen LogP contribution is 2.25. The fourth-order valence-corrected chi connectivity index (χ4v) is 2.74. The predicted octanol–water partition coefficient (Wildman–Crippen LogP) is 0.931. The summed E-state index contributed by atoms with van der Waals surface area (Å²) in [7, 11) is 1.45. The standard InChI is InChI=1S/C16H23FN4O3/c1-24-14-11-12(4-5-13(14)17)21-9-7-20(8-10-21)6-2-3-15(22)19-16(18)23/h4-5,11H,2-3,6-10H2,1H3,(H3,18,19,22,23). The normalized spacial score (nSPS) is 15.2. The largest absolute Gasteiger partial charge is 0.494 e. The number of anilines is 1. The molecule has 8 heteroatoms. The van der Waals surface area contributed by atoms with Crippen molar-refractivity contribution in [1.82, 2.24) is 10.2 Å². The molecular formula is C16H23FN4O3. The van der Waals surface area contributed by atoms with Crippen molar-refractivity contribution < 1.29 is 18.7 Å². The first-order valence-corrected chi connectivity index (χ1v) is 7.89. The van der Waals surface area contributed by atoms with Crippen LogP contribution in [-0.2, 0) is 4.79 Å². The van der Waals surface area contributed by atoms with Crippen molar-refractivity contribution in [2.45, 2.75) is 12.8 Å². The van der Waals surface area contributed by atoms with Gasteiger partial charge in [0.2, 0.25) is 5.91 Å². The van der Waals surface area contributed by atoms with Crippen LogP contribution in [-0.4, -0.2) is 56.7 Å². The molecule has 1 aromatic carbocycles. The summed E-state index contributed by atoms with van der Waals surface area (Å²) < 4.78 is 18.5. The molecule has 1 aromatic rings. The minimum Gasteiger partial charge on any atom is -0.494 e. The number of nitrogens with zero attached hydrogens (tertiary/aromatic N) is 2. The number of rotatable bonds is 6. The van der Waals surface area contributed by atoms with Gasteiger partial charge >= 0.3 is 6.03 Å². The number of carbonyl (C=O) groups excluding carboxylic acids is 2. The molecule has 1 aliphatic heterocycles. The molecule has 3 amide bonds. The zero-order valence-electron chi connectivity index (χ0n) is 13.8. The SMILES string of the molecule is COc1cc(N2CCN(CCCC(=O)NC(N)=O)CC2)ccc1F. The molecule has 0 aromatic heterocycles. The van der Waals surface area contributed by atoms with Gasteiger partial charge in [0.25, 0.3) is 0 Å². The quantitative estimate of drug-likeness (QED) is 0.806. The van der Waals surface area contributed by atoms with Gasteiger partial charge in [-0.2, -0.15) is 0 Å². The fraction of sp³-hybridized carbons (Fsp3) is 0.500. The van der Waals surface area contributed by atoms with Gasteiger partial charge in [0.15, 0.2) is 11.6 Å². The minimum absolute atomic E-state index is 0.246. The molecule has 132 valence electrons. The monoisotopic (exact) mass is 338 g/mol. The van der Waals surface area contributed by atoms with Crippen LogP contribution in [0.15, 0.2) is 18.2 Å². The van der Waals surface area contributed by atoms with E-state index in [0.717, 1.165) is 38.4 Å². The van der Waals surface area contributed by atoms with E-state index in [1.165, 1.54) is 13.2 Å². The van der Waals surface area contributed by atoms with E-state index in [2.05, 4.69) is 15.1 Å². The molecule has 0 radical (unpaired) electrons. The molecule has 1 aliphatic rings. The first-order valence-electron chi connectivity index (χ1n) is 7.89. The van der Waals surface area contributed by atoms with Crippen LogP contribution < -0.4 is 20.7 Å². The summed E-state index contributed by atoms with van der Waals surface area (Å²) in [6.45, 7) is 4.14. The number of ether oxygens (including phenoxy) is 1.